The summed E-state index contributed by atoms with van der Waals surface area (Å²) in [5, 5.41) is -1.17. The van der Waals surface area contributed by atoms with E-state index in [-0.39, 0.29) is 6.42 Å². The zero-order valence-corrected chi connectivity index (χ0v) is 11.5. The third kappa shape index (κ3) is 3.53. The van der Waals surface area contributed by atoms with Gasteiger partial charge in [0.15, 0.2) is 0 Å². The Labute approximate surface area is 117 Å². The molecule has 0 radical (unpaired) electrons. The van der Waals surface area contributed by atoms with E-state index in [2.05, 4.69) is 0 Å². The molecule has 0 aliphatic carbocycles. The van der Waals surface area contributed by atoms with E-state index < -0.39 is 21.2 Å². The van der Waals surface area contributed by atoms with Crippen molar-refractivity contribution in [2.24, 2.45) is 0 Å². The van der Waals surface area contributed by atoms with Crippen LogP contribution in [0.3, 0.4) is 0 Å². The molecule has 20 heavy (non-hydrogen) atoms. The number of carbonyl (C=O) groups excluding carboxylic acids is 1. The highest BCUT2D eigenvalue weighted by molar-refractivity contribution is 8.01. The first-order chi connectivity index (χ1) is 9.48. The van der Waals surface area contributed by atoms with Gasteiger partial charge in [-0.05, 0) is 11.1 Å². The predicted molar refractivity (Wildman–Crippen MR) is 75.9 cm³/mol. The SMILES string of the molecule is O=C(CC(c1ccccc1)c1ccccc1)S(=O)(=O)O. The first kappa shape index (κ1) is 14.4. The molecule has 0 aliphatic rings. The van der Waals surface area contributed by atoms with E-state index in [1.807, 2.05) is 60.7 Å². The minimum Gasteiger partial charge on any atom is -0.280 e. The normalized spacial score (nSPS) is 11.5. The van der Waals surface area contributed by atoms with Gasteiger partial charge in [-0.15, -0.1) is 0 Å². The zero-order chi connectivity index (χ0) is 14.6. The highest BCUT2D eigenvalue weighted by atomic mass is 32.2. The Kier molecular flexibility index (Phi) is 4.32. The summed E-state index contributed by atoms with van der Waals surface area (Å²) in [5.74, 6) is -0.396. The molecule has 0 atom stereocenters. The van der Waals surface area contributed by atoms with E-state index in [9.17, 15) is 13.2 Å². The predicted octanol–water partition coefficient (Wildman–Crippen LogP) is 2.62. The molecule has 4 nitrogen and oxygen atoms in total. The smallest absolute Gasteiger partial charge is 0.280 e. The Morgan fingerprint density at radius 3 is 1.65 bits per heavy atom. The highest BCUT2D eigenvalue weighted by Gasteiger charge is 2.25. The topological polar surface area (TPSA) is 71.4 Å². The molecule has 0 unspecified atom stereocenters. The lowest BCUT2D eigenvalue weighted by molar-refractivity contribution is -0.112. The molecule has 0 saturated heterocycles. The van der Waals surface area contributed by atoms with Crippen LogP contribution in [0.5, 0.6) is 0 Å². The van der Waals surface area contributed by atoms with Gasteiger partial charge in [0.1, 0.15) is 0 Å². The first-order valence-corrected chi connectivity index (χ1v) is 7.52. The number of rotatable bonds is 4. The molecule has 0 bridgehead atoms. The van der Waals surface area contributed by atoms with Crippen LogP contribution in [0.4, 0.5) is 0 Å². The minimum atomic E-state index is -4.65. The molecule has 0 aliphatic heterocycles. The quantitative estimate of drug-likeness (QED) is 0.879. The second-order valence-corrected chi connectivity index (χ2v) is 5.83. The summed E-state index contributed by atoms with van der Waals surface area (Å²) in [7, 11) is -4.65. The number of benzene rings is 2. The summed E-state index contributed by atoms with van der Waals surface area (Å²) in [5.41, 5.74) is 1.66. The fraction of sp³-hybridized carbons (Fsp3) is 0.133. The lowest BCUT2D eigenvalue weighted by Gasteiger charge is -2.16. The monoisotopic (exact) mass is 290 g/mol. The number of hydrogen-bond acceptors (Lipinski definition) is 3. The van der Waals surface area contributed by atoms with E-state index in [4.69, 9.17) is 4.55 Å². The van der Waals surface area contributed by atoms with Crippen LogP contribution in [0.2, 0.25) is 0 Å². The summed E-state index contributed by atoms with van der Waals surface area (Å²) in [6, 6.07) is 18.3. The molecule has 5 heteroatoms. The van der Waals surface area contributed by atoms with Crippen molar-refractivity contribution in [2.45, 2.75) is 12.3 Å². The standard InChI is InChI=1S/C15H14O4S/c16-15(20(17,18)19)11-14(12-7-3-1-4-8-12)13-9-5-2-6-10-13/h1-10,14H,11H2,(H,17,18,19). The summed E-state index contributed by atoms with van der Waals surface area (Å²) in [6.07, 6.45) is -0.285. The van der Waals surface area contributed by atoms with Crippen LogP contribution in [0, 0.1) is 0 Å². The van der Waals surface area contributed by atoms with Gasteiger partial charge in [-0.25, -0.2) is 0 Å². The Balaban J connectivity index is 2.38. The van der Waals surface area contributed by atoms with Crippen molar-refractivity contribution in [1.82, 2.24) is 0 Å². The van der Waals surface area contributed by atoms with Gasteiger partial charge < -0.3 is 0 Å². The molecule has 0 aromatic heterocycles. The van der Waals surface area contributed by atoms with Crippen LogP contribution in [0.25, 0.3) is 0 Å². The van der Waals surface area contributed by atoms with Crippen LogP contribution >= 0.6 is 0 Å². The Morgan fingerprint density at radius 2 is 1.30 bits per heavy atom. The molecular weight excluding hydrogens is 276 g/mol. The van der Waals surface area contributed by atoms with Crippen LogP contribution < -0.4 is 0 Å². The van der Waals surface area contributed by atoms with E-state index in [1.54, 1.807) is 0 Å². The van der Waals surface area contributed by atoms with Crippen molar-refractivity contribution in [1.29, 1.82) is 0 Å². The van der Waals surface area contributed by atoms with Gasteiger partial charge in [0.25, 0.3) is 5.12 Å². The van der Waals surface area contributed by atoms with Gasteiger partial charge in [-0.3, -0.25) is 9.35 Å². The van der Waals surface area contributed by atoms with E-state index in [0.717, 1.165) is 11.1 Å². The van der Waals surface area contributed by atoms with Crippen LogP contribution in [0.15, 0.2) is 60.7 Å². The summed E-state index contributed by atoms with van der Waals surface area (Å²) in [6.45, 7) is 0. The second kappa shape index (κ2) is 5.98. The molecule has 2 rings (SSSR count). The molecule has 1 N–H and O–H groups in total. The number of hydrogen-bond donors (Lipinski definition) is 1. The van der Waals surface area contributed by atoms with Crippen molar-refractivity contribution < 1.29 is 17.8 Å². The average molecular weight is 290 g/mol. The van der Waals surface area contributed by atoms with Gasteiger partial charge in [0, 0.05) is 12.3 Å². The highest BCUT2D eigenvalue weighted by Crippen LogP contribution is 2.28. The summed E-state index contributed by atoms with van der Waals surface area (Å²) in [4.78, 5) is 11.6. The minimum absolute atomic E-state index is 0.285. The van der Waals surface area contributed by atoms with Gasteiger partial charge >= 0.3 is 10.1 Å². The molecule has 0 saturated carbocycles. The Hall–Kier alpha value is -1.98. The van der Waals surface area contributed by atoms with Crippen molar-refractivity contribution in [2.75, 3.05) is 0 Å². The van der Waals surface area contributed by atoms with Gasteiger partial charge in [0.2, 0.25) is 0 Å². The van der Waals surface area contributed by atoms with Crippen LogP contribution in [0.1, 0.15) is 23.5 Å². The Morgan fingerprint density at radius 1 is 0.900 bits per heavy atom. The third-order valence-corrected chi connectivity index (χ3v) is 3.80. The maximum Gasteiger partial charge on any atom is 0.328 e. The van der Waals surface area contributed by atoms with Crippen LogP contribution in [-0.4, -0.2) is 18.1 Å². The second-order valence-electron chi connectivity index (χ2n) is 4.43. The van der Waals surface area contributed by atoms with Gasteiger partial charge in [-0.1, -0.05) is 60.7 Å². The van der Waals surface area contributed by atoms with Crippen molar-refractivity contribution >= 4 is 15.2 Å². The van der Waals surface area contributed by atoms with Crippen molar-refractivity contribution in [3.8, 4) is 0 Å². The lowest BCUT2D eigenvalue weighted by Crippen LogP contribution is -2.17. The van der Waals surface area contributed by atoms with Crippen molar-refractivity contribution in [3.63, 3.8) is 0 Å². The molecule has 2 aromatic carbocycles. The fourth-order valence-corrected chi connectivity index (χ4v) is 2.45. The molecular formula is C15H14O4S. The molecule has 0 heterocycles. The largest absolute Gasteiger partial charge is 0.328 e. The third-order valence-electron chi connectivity index (χ3n) is 3.06. The first-order valence-electron chi connectivity index (χ1n) is 6.08. The van der Waals surface area contributed by atoms with Crippen molar-refractivity contribution in [3.05, 3.63) is 71.8 Å². The maximum atomic E-state index is 11.6. The molecule has 104 valence electrons. The lowest BCUT2D eigenvalue weighted by atomic mass is 9.89. The molecule has 0 fully saturated rings. The molecule has 2 aromatic rings. The molecule has 0 amide bonds. The Bertz CT molecular complexity index is 639. The summed E-state index contributed by atoms with van der Waals surface area (Å²) >= 11 is 0. The fourth-order valence-electron chi connectivity index (χ4n) is 2.07. The van der Waals surface area contributed by atoms with E-state index in [1.165, 1.54) is 0 Å². The van der Waals surface area contributed by atoms with E-state index in [0.29, 0.717) is 0 Å². The number of carbonyl (C=O) groups is 1. The molecule has 0 spiro atoms. The maximum absolute atomic E-state index is 11.6. The zero-order valence-electron chi connectivity index (χ0n) is 10.6. The summed E-state index contributed by atoms with van der Waals surface area (Å²) < 4.78 is 30.7. The van der Waals surface area contributed by atoms with Gasteiger partial charge in [0.05, 0.1) is 0 Å². The van der Waals surface area contributed by atoms with Crippen LogP contribution in [-0.2, 0) is 14.9 Å². The van der Waals surface area contributed by atoms with Gasteiger partial charge in [-0.2, -0.15) is 8.42 Å². The average Bonchev–Trinajstić information content (AvgIpc) is 2.45. The van der Waals surface area contributed by atoms with E-state index >= 15 is 0 Å².